The lowest BCUT2D eigenvalue weighted by atomic mass is 10.1. The highest BCUT2D eigenvalue weighted by Crippen LogP contribution is 2.22. The Hall–Kier alpha value is -1.65. The fraction of sp³-hybridized carbons (Fsp3) is 0.417. The van der Waals surface area contributed by atoms with E-state index in [1.807, 2.05) is 20.8 Å². The van der Waals surface area contributed by atoms with E-state index >= 15 is 0 Å². The second-order valence-electron chi connectivity index (χ2n) is 4.27. The summed E-state index contributed by atoms with van der Waals surface area (Å²) in [5.74, 6) is -3.72. The third-order valence-corrected chi connectivity index (χ3v) is 2.70. The van der Waals surface area contributed by atoms with E-state index in [1.165, 1.54) is 6.07 Å². The topological polar surface area (TPSA) is 49.3 Å². The minimum absolute atomic E-state index is 0.0197. The highest BCUT2D eigenvalue weighted by molar-refractivity contribution is 5.88. The van der Waals surface area contributed by atoms with Gasteiger partial charge in [-0.1, -0.05) is 13.8 Å². The van der Waals surface area contributed by atoms with Crippen molar-refractivity contribution in [2.75, 3.05) is 5.32 Å². The van der Waals surface area contributed by atoms with Gasteiger partial charge in [-0.2, -0.15) is 0 Å². The number of hydrogen-bond acceptors (Lipinski definition) is 2. The van der Waals surface area contributed by atoms with Crippen molar-refractivity contribution in [1.29, 1.82) is 0 Å². The van der Waals surface area contributed by atoms with E-state index in [0.29, 0.717) is 0 Å². The highest BCUT2D eigenvalue weighted by atomic mass is 19.2. The number of anilines is 1. The minimum Gasteiger partial charge on any atom is -0.478 e. The van der Waals surface area contributed by atoms with Crippen molar-refractivity contribution in [3.05, 3.63) is 29.3 Å². The normalized spacial score (nSPS) is 12.6. The van der Waals surface area contributed by atoms with E-state index in [4.69, 9.17) is 5.11 Å². The Balaban J connectivity index is 3.05. The van der Waals surface area contributed by atoms with Gasteiger partial charge in [0, 0.05) is 6.04 Å². The summed E-state index contributed by atoms with van der Waals surface area (Å²) >= 11 is 0. The second-order valence-corrected chi connectivity index (χ2v) is 4.27. The van der Waals surface area contributed by atoms with Crippen molar-refractivity contribution in [2.45, 2.75) is 26.8 Å². The van der Waals surface area contributed by atoms with Crippen LogP contribution < -0.4 is 5.32 Å². The molecular weight excluding hydrogens is 228 g/mol. The Morgan fingerprint density at radius 2 is 1.82 bits per heavy atom. The molecule has 0 fully saturated rings. The number of halogens is 2. The molecular formula is C12H15F2NO2. The van der Waals surface area contributed by atoms with E-state index in [0.717, 1.165) is 6.07 Å². The van der Waals surface area contributed by atoms with Crippen molar-refractivity contribution in [3.8, 4) is 0 Å². The van der Waals surface area contributed by atoms with Gasteiger partial charge in [0.2, 0.25) is 0 Å². The van der Waals surface area contributed by atoms with Crippen LogP contribution in [-0.2, 0) is 0 Å². The lowest BCUT2D eigenvalue weighted by Gasteiger charge is -2.19. The van der Waals surface area contributed by atoms with Crippen LogP contribution in [-0.4, -0.2) is 17.1 Å². The predicted molar refractivity (Wildman–Crippen MR) is 61.2 cm³/mol. The lowest BCUT2D eigenvalue weighted by Crippen LogP contribution is -2.22. The van der Waals surface area contributed by atoms with Crippen LogP contribution in [0.25, 0.3) is 0 Å². The molecule has 17 heavy (non-hydrogen) atoms. The van der Waals surface area contributed by atoms with Gasteiger partial charge in [-0.25, -0.2) is 13.6 Å². The van der Waals surface area contributed by atoms with Gasteiger partial charge in [0.25, 0.3) is 0 Å². The molecule has 5 heteroatoms. The number of nitrogens with one attached hydrogen (secondary N) is 1. The lowest BCUT2D eigenvalue weighted by molar-refractivity contribution is 0.0690. The molecule has 1 atom stereocenters. The summed E-state index contributed by atoms with van der Waals surface area (Å²) in [4.78, 5) is 10.6. The minimum atomic E-state index is -1.48. The van der Waals surface area contributed by atoms with Crippen molar-refractivity contribution < 1.29 is 18.7 Å². The molecule has 1 rings (SSSR count). The van der Waals surface area contributed by atoms with Crippen LogP contribution in [0, 0.1) is 17.6 Å². The maximum Gasteiger partial charge on any atom is 0.338 e. The maximum atomic E-state index is 13.5. The molecule has 1 aromatic rings. The quantitative estimate of drug-likeness (QED) is 0.854. The second kappa shape index (κ2) is 5.12. The first-order valence-electron chi connectivity index (χ1n) is 5.32. The van der Waals surface area contributed by atoms with Crippen LogP contribution in [0.1, 0.15) is 31.1 Å². The number of benzene rings is 1. The fourth-order valence-corrected chi connectivity index (χ4v) is 1.24. The monoisotopic (exact) mass is 243 g/mol. The molecule has 0 radical (unpaired) electrons. The standard InChI is InChI=1S/C12H15F2NO2/c1-6(2)7(3)15-9-5-4-8(12(16)17)10(13)11(9)14/h4-7,15H,1-3H3,(H,16,17). The zero-order valence-electron chi connectivity index (χ0n) is 9.92. The van der Waals surface area contributed by atoms with E-state index in [1.54, 1.807) is 0 Å². The Morgan fingerprint density at radius 1 is 1.24 bits per heavy atom. The molecule has 1 unspecified atom stereocenters. The molecule has 0 aliphatic rings. The maximum absolute atomic E-state index is 13.5. The Bertz CT molecular complexity index is 433. The fourth-order valence-electron chi connectivity index (χ4n) is 1.24. The Kier molecular flexibility index (Phi) is 4.04. The summed E-state index contributed by atoms with van der Waals surface area (Å²) in [5, 5.41) is 11.4. The van der Waals surface area contributed by atoms with Crippen molar-refractivity contribution in [2.24, 2.45) is 5.92 Å². The predicted octanol–water partition coefficient (Wildman–Crippen LogP) is 3.12. The van der Waals surface area contributed by atoms with Crippen molar-refractivity contribution >= 4 is 11.7 Å². The molecule has 0 bridgehead atoms. The van der Waals surface area contributed by atoms with Crippen LogP contribution in [0.4, 0.5) is 14.5 Å². The molecule has 94 valence electrons. The van der Waals surface area contributed by atoms with Gasteiger partial charge in [0.1, 0.15) is 0 Å². The van der Waals surface area contributed by atoms with E-state index in [-0.39, 0.29) is 17.6 Å². The van der Waals surface area contributed by atoms with Gasteiger partial charge in [0.15, 0.2) is 11.6 Å². The van der Waals surface area contributed by atoms with E-state index in [9.17, 15) is 13.6 Å². The molecule has 0 saturated carbocycles. The summed E-state index contributed by atoms with van der Waals surface area (Å²) in [6.45, 7) is 5.72. The van der Waals surface area contributed by atoms with Crippen LogP contribution in [0.5, 0.6) is 0 Å². The molecule has 0 heterocycles. The summed E-state index contributed by atoms with van der Waals surface area (Å²) in [7, 11) is 0. The number of rotatable bonds is 4. The Morgan fingerprint density at radius 3 is 2.29 bits per heavy atom. The number of carboxylic acid groups (broad SMARTS) is 1. The summed E-state index contributed by atoms with van der Waals surface area (Å²) < 4.78 is 26.9. The van der Waals surface area contributed by atoms with Gasteiger partial charge >= 0.3 is 5.97 Å². The number of hydrogen-bond donors (Lipinski definition) is 2. The number of aromatic carboxylic acids is 1. The average Bonchev–Trinajstić information content (AvgIpc) is 2.24. The first-order valence-corrected chi connectivity index (χ1v) is 5.32. The zero-order valence-corrected chi connectivity index (χ0v) is 9.92. The van der Waals surface area contributed by atoms with Gasteiger partial charge in [0.05, 0.1) is 11.3 Å². The van der Waals surface area contributed by atoms with Gasteiger partial charge in [-0.05, 0) is 25.0 Å². The van der Waals surface area contributed by atoms with E-state index in [2.05, 4.69) is 5.32 Å². The molecule has 0 saturated heterocycles. The van der Waals surface area contributed by atoms with Crippen molar-refractivity contribution in [3.63, 3.8) is 0 Å². The SMILES string of the molecule is CC(C)C(C)Nc1ccc(C(=O)O)c(F)c1F. The molecule has 0 aromatic heterocycles. The zero-order chi connectivity index (χ0) is 13.2. The van der Waals surface area contributed by atoms with Gasteiger partial charge in [-0.15, -0.1) is 0 Å². The first kappa shape index (κ1) is 13.4. The Labute approximate surface area is 98.5 Å². The largest absolute Gasteiger partial charge is 0.478 e. The van der Waals surface area contributed by atoms with Gasteiger partial charge < -0.3 is 10.4 Å². The van der Waals surface area contributed by atoms with Crippen LogP contribution in [0.3, 0.4) is 0 Å². The first-order chi connectivity index (χ1) is 7.84. The highest BCUT2D eigenvalue weighted by Gasteiger charge is 2.19. The molecule has 0 aliphatic carbocycles. The molecule has 2 N–H and O–H groups in total. The molecule has 3 nitrogen and oxygen atoms in total. The van der Waals surface area contributed by atoms with Crippen LogP contribution in [0.15, 0.2) is 12.1 Å². The van der Waals surface area contributed by atoms with Gasteiger partial charge in [-0.3, -0.25) is 0 Å². The third-order valence-electron chi connectivity index (χ3n) is 2.70. The van der Waals surface area contributed by atoms with Crippen LogP contribution >= 0.6 is 0 Å². The number of carbonyl (C=O) groups is 1. The summed E-state index contributed by atoms with van der Waals surface area (Å²) in [6, 6.07) is 2.25. The smallest absolute Gasteiger partial charge is 0.338 e. The molecule has 1 aromatic carbocycles. The average molecular weight is 243 g/mol. The van der Waals surface area contributed by atoms with E-state index < -0.39 is 23.2 Å². The van der Waals surface area contributed by atoms with Crippen molar-refractivity contribution in [1.82, 2.24) is 0 Å². The third kappa shape index (κ3) is 2.93. The summed E-state index contributed by atoms with van der Waals surface area (Å²) in [5.41, 5.74) is -0.682. The molecule has 0 spiro atoms. The number of carboxylic acids is 1. The van der Waals surface area contributed by atoms with Crippen LogP contribution in [0.2, 0.25) is 0 Å². The summed E-state index contributed by atoms with van der Waals surface area (Å²) in [6.07, 6.45) is 0. The molecule has 0 aliphatic heterocycles. The molecule has 0 amide bonds.